The lowest BCUT2D eigenvalue weighted by molar-refractivity contribution is 0.501. The topological polar surface area (TPSA) is 108 Å². The predicted molar refractivity (Wildman–Crippen MR) is 87.7 cm³/mol. The molecule has 3 aromatic heterocycles. The number of anilines is 1. The summed E-state index contributed by atoms with van der Waals surface area (Å²) in [6, 6.07) is 5.41. The van der Waals surface area contributed by atoms with Crippen LogP contribution in [0, 0.1) is 11.6 Å². The summed E-state index contributed by atoms with van der Waals surface area (Å²) in [5.74, 6) is -1.82. The second-order valence-corrected chi connectivity index (χ2v) is 5.27. The van der Waals surface area contributed by atoms with Gasteiger partial charge in [-0.2, -0.15) is 4.68 Å². The van der Waals surface area contributed by atoms with E-state index in [-0.39, 0.29) is 17.3 Å². The highest BCUT2D eigenvalue weighted by molar-refractivity contribution is 5.76. The molecule has 0 aliphatic carbocycles. The molecule has 4 rings (SSSR count). The van der Waals surface area contributed by atoms with Crippen molar-refractivity contribution in [3.8, 4) is 28.2 Å². The van der Waals surface area contributed by atoms with Crippen LogP contribution in [0.15, 0.2) is 49.2 Å². The molecule has 0 fully saturated rings. The molecule has 0 unspecified atom stereocenters. The van der Waals surface area contributed by atoms with Crippen LogP contribution in [-0.4, -0.2) is 35.2 Å². The van der Waals surface area contributed by atoms with Gasteiger partial charge in [0.1, 0.15) is 17.8 Å². The van der Waals surface area contributed by atoms with Gasteiger partial charge in [0, 0.05) is 29.7 Å². The summed E-state index contributed by atoms with van der Waals surface area (Å²) in [6.45, 7) is 0. The van der Waals surface area contributed by atoms with Crippen LogP contribution in [0.5, 0.6) is 0 Å². The summed E-state index contributed by atoms with van der Waals surface area (Å²) in [4.78, 5) is 12.0. The van der Waals surface area contributed by atoms with Crippen LogP contribution in [0.25, 0.3) is 28.2 Å². The van der Waals surface area contributed by atoms with Gasteiger partial charge in [-0.05, 0) is 28.6 Å². The number of benzene rings is 1. The van der Waals surface area contributed by atoms with Crippen LogP contribution in [0.4, 0.5) is 14.6 Å². The number of hydrogen-bond donors (Lipinski definition) is 1. The van der Waals surface area contributed by atoms with Gasteiger partial charge in [-0.25, -0.2) is 23.7 Å². The number of nitrogens with zero attached hydrogens (tertiary/aromatic N) is 7. The summed E-state index contributed by atoms with van der Waals surface area (Å²) in [7, 11) is 0. The highest BCUT2D eigenvalue weighted by Gasteiger charge is 2.19. The Balaban J connectivity index is 1.88. The molecule has 0 radical (unpaired) electrons. The summed E-state index contributed by atoms with van der Waals surface area (Å²) >= 11 is 0. The molecule has 0 atom stereocenters. The fourth-order valence-corrected chi connectivity index (χ4v) is 2.43. The molecule has 10 heteroatoms. The van der Waals surface area contributed by atoms with Crippen LogP contribution in [0.3, 0.4) is 0 Å². The minimum Gasteiger partial charge on any atom is -0.383 e. The Kier molecular flexibility index (Phi) is 3.77. The first kappa shape index (κ1) is 15.7. The fraction of sp³-hybridized carbons (Fsp3) is 0. The van der Waals surface area contributed by atoms with Gasteiger partial charge in [0.05, 0.1) is 5.56 Å². The molecule has 8 nitrogen and oxygen atoms in total. The summed E-state index contributed by atoms with van der Waals surface area (Å²) in [5, 5.41) is 11.2. The van der Waals surface area contributed by atoms with Crippen molar-refractivity contribution in [2.75, 3.05) is 5.73 Å². The van der Waals surface area contributed by atoms with E-state index in [1.807, 2.05) is 0 Å². The maximum absolute atomic E-state index is 14.2. The molecule has 0 spiro atoms. The van der Waals surface area contributed by atoms with Crippen LogP contribution in [0.1, 0.15) is 0 Å². The molecule has 0 amide bonds. The summed E-state index contributed by atoms with van der Waals surface area (Å²) < 4.78 is 28.8. The SMILES string of the molecule is Nc1ncc(-c2cncnc2)cc1-c1nnnn1-c1cccc(F)c1F. The van der Waals surface area contributed by atoms with E-state index < -0.39 is 11.6 Å². The monoisotopic (exact) mass is 352 g/mol. The number of hydrogen-bond acceptors (Lipinski definition) is 7. The van der Waals surface area contributed by atoms with E-state index in [0.717, 1.165) is 10.7 Å². The Morgan fingerprint density at radius 2 is 1.81 bits per heavy atom. The van der Waals surface area contributed by atoms with Gasteiger partial charge in [0.25, 0.3) is 0 Å². The van der Waals surface area contributed by atoms with E-state index in [9.17, 15) is 8.78 Å². The van der Waals surface area contributed by atoms with Gasteiger partial charge in [0.15, 0.2) is 17.5 Å². The van der Waals surface area contributed by atoms with E-state index in [1.54, 1.807) is 24.7 Å². The fourth-order valence-electron chi connectivity index (χ4n) is 2.43. The van der Waals surface area contributed by atoms with Crippen molar-refractivity contribution < 1.29 is 8.78 Å². The molecular formula is C16H10F2N8. The second kappa shape index (κ2) is 6.24. The maximum Gasteiger partial charge on any atom is 0.190 e. The third-order valence-electron chi connectivity index (χ3n) is 3.68. The highest BCUT2D eigenvalue weighted by atomic mass is 19.2. The molecular weight excluding hydrogens is 342 g/mol. The number of nitrogens with two attached hydrogens (primary N) is 1. The van der Waals surface area contributed by atoms with Crippen LogP contribution >= 0.6 is 0 Å². The van der Waals surface area contributed by atoms with E-state index in [1.165, 1.54) is 18.5 Å². The van der Waals surface area contributed by atoms with Crippen molar-refractivity contribution in [2.24, 2.45) is 0 Å². The number of tetrazole rings is 1. The maximum atomic E-state index is 14.2. The van der Waals surface area contributed by atoms with Crippen molar-refractivity contribution in [3.63, 3.8) is 0 Å². The lowest BCUT2D eigenvalue weighted by atomic mass is 10.1. The normalized spacial score (nSPS) is 10.8. The van der Waals surface area contributed by atoms with Crippen molar-refractivity contribution in [1.29, 1.82) is 0 Å². The van der Waals surface area contributed by atoms with Gasteiger partial charge in [-0.3, -0.25) is 0 Å². The average molecular weight is 352 g/mol. The van der Waals surface area contributed by atoms with Crippen LogP contribution in [-0.2, 0) is 0 Å². The molecule has 2 N–H and O–H groups in total. The number of halogens is 2. The predicted octanol–water partition coefficient (Wildman–Crippen LogP) is 2.04. The smallest absolute Gasteiger partial charge is 0.190 e. The molecule has 0 bridgehead atoms. The van der Waals surface area contributed by atoms with E-state index in [0.29, 0.717) is 16.7 Å². The Hall–Kier alpha value is -3.82. The first-order valence-electron chi connectivity index (χ1n) is 7.39. The highest BCUT2D eigenvalue weighted by Crippen LogP contribution is 2.29. The molecule has 128 valence electrons. The molecule has 0 aliphatic heterocycles. The van der Waals surface area contributed by atoms with Crippen molar-refractivity contribution in [2.45, 2.75) is 0 Å². The van der Waals surface area contributed by atoms with Crippen LogP contribution in [0.2, 0.25) is 0 Å². The van der Waals surface area contributed by atoms with Gasteiger partial charge in [-0.1, -0.05) is 6.07 Å². The lowest BCUT2D eigenvalue weighted by Crippen LogP contribution is -2.06. The standard InChI is InChI=1S/C16H10F2N8/c17-12-2-1-3-13(14(12)18)26-16(23-24-25-26)11-4-9(7-22-15(11)19)10-5-20-8-21-6-10/h1-8H,(H2,19,22). The van der Waals surface area contributed by atoms with Gasteiger partial charge in [0.2, 0.25) is 0 Å². The molecule has 3 heterocycles. The third kappa shape index (κ3) is 2.62. The second-order valence-electron chi connectivity index (χ2n) is 5.27. The van der Waals surface area contributed by atoms with Gasteiger partial charge < -0.3 is 5.73 Å². The molecule has 0 saturated heterocycles. The zero-order chi connectivity index (χ0) is 18.1. The Morgan fingerprint density at radius 1 is 1.00 bits per heavy atom. The molecule has 0 saturated carbocycles. The quantitative estimate of drug-likeness (QED) is 0.601. The Morgan fingerprint density at radius 3 is 2.62 bits per heavy atom. The minimum atomic E-state index is -1.07. The number of aromatic nitrogens is 7. The van der Waals surface area contributed by atoms with Crippen molar-refractivity contribution in [3.05, 3.63) is 60.8 Å². The van der Waals surface area contributed by atoms with Crippen molar-refractivity contribution in [1.82, 2.24) is 35.2 Å². The Labute approximate surface area is 145 Å². The van der Waals surface area contributed by atoms with Gasteiger partial charge in [-0.15, -0.1) is 5.10 Å². The Bertz CT molecular complexity index is 1080. The van der Waals surface area contributed by atoms with E-state index in [2.05, 4.69) is 30.5 Å². The first-order chi connectivity index (χ1) is 12.6. The zero-order valence-electron chi connectivity index (χ0n) is 13.1. The van der Waals surface area contributed by atoms with E-state index in [4.69, 9.17) is 5.73 Å². The number of nitrogen functional groups attached to an aromatic ring is 1. The first-order valence-corrected chi connectivity index (χ1v) is 7.39. The molecule has 0 aliphatic rings. The summed E-state index contributed by atoms with van der Waals surface area (Å²) in [6.07, 6.45) is 6.18. The third-order valence-corrected chi connectivity index (χ3v) is 3.68. The average Bonchev–Trinajstić information content (AvgIpc) is 3.14. The van der Waals surface area contributed by atoms with Crippen molar-refractivity contribution >= 4 is 5.82 Å². The zero-order valence-corrected chi connectivity index (χ0v) is 13.1. The molecule has 1 aromatic carbocycles. The lowest BCUT2D eigenvalue weighted by Gasteiger charge is -2.09. The number of rotatable bonds is 3. The van der Waals surface area contributed by atoms with Gasteiger partial charge >= 0.3 is 0 Å². The van der Waals surface area contributed by atoms with E-state index >= 15 is 0 Å². The number of pyridine rings is 1. The minimum absolute atomic E-state index is 0.123. The summed E-state index contributed by atoms with van der Waals surface area (Å²) in [5.41, 5.74) is 7.55. The molecule has 4 aromatic rings. The van der Waals surface area contributed by atoms with Crippen LogP contribution < -0.4 is 5.73 Å². The largest absolute Gasteiger partial charge is 0.383 e. The molecule has 26 heavy (non-hydrogen) atoms.